The van der Waals surface area contributed by atoms with Crippen molar-refractivity contribution in [1.82, 2.24) is 5.32 Å². The summed E-state index contributed by atoms with van der Waals surface area (Å²) < 4.78 is 13.9. The molecule has 0 bridgehead atoms. The Kier molecular flexibility index (Phi) is 10.3. The van der Waals surface area contributed by atoms with Gasteiger partial charge in [0, 0.05) is 17.4 Å². The van der Waals surface area contributed by atoms with Crippen molar-refractivity contribution in [2.75, 3.05) is 4.90 Å². The van der Waals surface area contributed by atoms with E-state index in [1.54, 1.807) is 17.0 Å². The second kappa shape index (κ2) is 14.7. The van der Waals surface area contributed by atoms with Gasteiger partial charge in [0.05, 0.1) is 17.3 Å². The van der Waals surface area contributed by atoms with E-state index in [1.807, 2.05) is 79.7 Å². The number of rotatable bonds is 11. The molecule has 0 aromatic heterocycles. The van der Waals surface area contributed by atoms with E-state index in [9.17, 15) is 18.8 Å². The molecule has 4 aromatic rings. The molecule has 248 valence electrons. The van der Waals surface area contributed by atoms with Gasteiger partial charge in [0.15, 0.2) is 0 Å². The van der Waals surface area contributed by atoms with Gasteiger partial charge in [-0.1, -0.05) is 117 Å². The molecule has 1 aliphatic carbocycles. The van der Waals surface area contributed by atoms with Crippen molar-refractivity contribution in [1.29, 1.82) is 0 Å². The number of hydrogen-bond acceptors (Lipinski definition) is 3. The quantitative estimate of drug-likeness (QED) is 0.168. The largest absolute Gasteiger partial charge is 0.369 e. The van der Waals surface area contributed by atoms with Crippen LogP contribution in [0.5, 0.6) is 0 Å². The lowest BCUT2D eigenvalue weighted by Gasteiger charge is -2.30. The lowest BCUT2D eigenvalue weighted by molar-refractivity contribution is -0.136. The van der Waals surface area contributed by atoms with E-state index in [4.69, 9.17) is 17.3 Å². The predicted octanol–water partition coefficient (Wildman–Crippen LogP) is 8.62. The summed E-state index contributed by atoms with van der Waals surface area (Å²) in [6.45, 7) is 2.21. The molecule has 2 aliphatic rings. The monoisotopic (exact) mass is 665 g/mol. The van der Waals surface area contributed by atoms with Crippen molar-refractivity contribution in [3.8, 4) is 22.3 Å². The number of carbonyl (C=O) groups excluding carboxylic acids is 3. The van der Waals surface area contributed by atoms with Crippen LogP contribution < -0.4 is 16.0 Å². The average molecular weight is 666 g/mol. The molecule has 3 atom stereocenters. The Labute approximate surface area is 286 Å². The maximum Gasteiger partial charge on any atom is 0.254 e. The number of benzene rings is 4. The van der Waals surface area contributed by atoms with Crippen molar-refractivity contribution in [3.05, 3.63) is 113 Å². The number of fused-ring (bicyclic) bond motifs is 3. The molecule has 4 aromatic carbocycles. The highest BCUT2D eigenvalue weighted by Crippen LogP contribution is 2.42. The summed E-state index contributed by atoms with van der Waals surface area (Å²) in [5.74, 6) is -2.43. The minimum atomic E-state index is -0.985. The van der Waals surface area contributed by atoms with Crippen molar-refractivity contribution in [2.24, 2.45) is 23.5 Å². The number of primary amides is 1. The molecule has 0 spiro atoms. The van der Waals surface area contributed by atoms with Gasteiger partial charge in [0.25, 0.3) is 5.91 Å². The Bertz CT molecular complexity index is 1820. The standard InChI is InChI=1S/C40H41ClFN3O3/c1-2-10-32(38(43)46)33(22-25-11-3-4-12-25)39(47)44-37-31-17-6-5-15-29(31)30-16-7-8-18-36(30)45(40(37)48)24-26-13-9-14-27(21-26)28-19-20-35(42)34(41)23-28/h5-9,13-21,23,25,32-33,37H,2-4,10-12,22,24H2,1H3,(H2,43,46)(H,44,47)/t32-,33+,37-/m0/s1. The minimum Gasteiger partial charge on any atom is -0.369 e. The number of halogens is 2. The zero-order valence-corrected chi connectivity index (χ0v) is 27.9. The fourth-order valence-electron chi connectivity index (χ4n) is 7.51. The summed E-state index contributed by atoms with van der Waals surface area (Å²) in [4.78, 5) is 43.6. The number of amides is 3. The molecule has 1 heterocycles. The molecule has 1 saturated carbocycles. The van der Waals surface area contributed by atoms with Crippen molar-refractivity contribution in [3.63, 3.8) is 0 Å². The first kappa shape index (κ1) is 33.4. The molecule has 8 heteroatoms. The molecule has 1 fully saturated rings. The van der Waals surface area contributed by atoms with Gasteiger partial charge in [-0.25, -0.2) is 4.39 Å². The number of nitrogens with one attached hydrogen (secondary N) is 1. The zero-order valence-electron chi connectivity index (χ0n) is 27.1. The van der Waals surface area contributed by atoms with E-state index in [0.29, 0.717) is 24.3 Å². The lowest BCUT2D eigenvalue weighted by atomic mass is 9.80. The first-order chi connectivity index (χ1) is 23.2. The Morgan fingerprint density at radius 1 is 0.917 bits per heavy atom. The summed E-state index contributed by atoms with van der Waals surface area (Å²) in [5.41, 5.74) is 11.5. The van der Waals surface area contributed by atoms with Gasteiger partial charge in [-0.2, -0.15) is 0 Å². The molecule has 0 radical (unpaired) electrons. The number of anilines is 1. The van der Waals surface area contributed by atoms with Gasteiger partial charge >= 0.3 is 0 Å². The zero-order chi connectivity index (χ0) is 33.8. The lowest BCUT2D eigenvalue weighted by Crippen LogP contribution is -2.47. The van der Waals surface area contributed by atoms with Gasteiger partial charge in [0.1, 0.15) is 11.9 Å². The fourth-order valence-corrected chi connectivity index (χ4v) is 7.69. The van der Waals surface area contributed by atoms with Crippen LogP contribution in [0.25, 0.3) is 22.3 Å². The van der Waals surface area contributed by atoms with Crippen LogP contribution in [0, 0.1) is 23.6 Å². The van der Waals surface area contributed by atoms with Crippen LogP contribution in [-0.2, 0) is 20.9 Å². The van der Waals surface area contributed by atoms with Gasteiger partial charge in [-0.05, 0) is 70.8 Å². The van der Waals surface area contributed by atoms with E-state index >= 15 is 0 Å². The second-order valence-electron chi connectivity index (χ2n) is 13.1. The topological polar surface area (TPSA) is 92.5 Å². The highest BCUT2D eigenvalue weighted by atomic mass is 35.5. The van der Waals surface area contributed by atoms with E-state index in [2.05, 4.69) is 5.32 Å². The van der Waals surface area contributed by atoms with Crippen molar-refractivity contribution < 1.29 is 18.8 Å². The van der Waals surface area contributed by atoms with E-state index < -0.39 is 29.6 Å². The average Bonchev–Trinajstić information content (AvgIpc) is 3.59. The molecule has 1 aliphatic heterocycles. The maximum atomic E-state index is 14.8. The summed E-state index contributed by atoms with van der Waals surface area (Å²) >= 11 is 6.09. The molecular weight excluding hydrogens is 625 g/mol. The van der Waals surface area contributed by atoms with E-state index in [0.717, 1.165) is 65.6 Å². The molecule has 3 N–H and O–H groups in total. The maximum absolute atomic E-state index is 14.8. The first-order valence-corrected chi connectivity index (χ1v) is 17.3. The molecule has 48 heavy (non-hydrogen) atoms. The summed E-state index contributed by atoms with van der Waals surface area (Å²) in [5, 5.41) is 3.18. The number of nitrogens with two attached hydrogens (primary N) is 1. The normalized spacial score (nSPS) is 17.3. The highest BCUT2D eigenvalue weighted by Gasteiger charge is 2.39. The van der Waals surface area contributed by atoms with Crippen molar-refractivity contribution >= 4 is 35.0 Å². The number of para-hydroxylation sites is 1. The van der Waals surface area contributed by atoms with Crippen LogP contribution >= 0.6 is 11.6 Å². The smallest absolute Gasteiger partial charge is 0.254 e. The molecule has 0 saturated heterocycles. The number of nitrogens with zero attached hydrogens (tertiary/aromatic N) is 1. The Balaban J connectivity index is 1.38. The predicted molar refractivity (Wildman–Crippen MR) is 188 cm³/mol. The van der Waals surface area contributed by atoms with Crippen LogP contribution in [0.1, 0.15) is 69.0 Å². The Morgan fingerprint density at radius 2 is 1.62 bits per heavy atom. The second-order valence-corrected chi connectivity index (χ2v) is 13.5. The number of carbonyl (C=O) groups is 3. The Morgan fingerprint density at radius 3 is 2.35 bits per heavy atom. The summed E-state index contributed by atoms with van der Waals surface area (Å²) in [7, 11) is 0. The van der Waals surface area contributed by atoms with Gasteiger partial charge in [-0.3, -0.25) is 14.4 Å². The molecule has 6 nitrogen and oxygen atoms in total. The van der Waals surface area contributed by atoms with Gasteiger partial charge in [-0.15, -0.1) is 0 Å². The van der Waals surface area contributed by atoms with Gasteiger partial charge < -0.3 is 16.0 Å². The molecule has 3 amide bonds. The SMILES string of the molecule is CCC[C@H](C(N)=O)[C@@H](CC1CCCC1)C(=O)N[C@@H]1C(=O)N(Cc2cccc(-c3ccc(F)c(Cl)c3)c2)c2ccccc2-c2ccccc21. The fraction of sp³-hybridized carbons (Fsp3) is 0.325. The van der Waals surface area contributed by atoms with Crippen LogP contribution in [0.3, 0.4) is 0 Å². The third-order valence-electron chi connectivity index (χ3n) is 9.93. The van der Waals surface area contributed by atoms with Crippen LogP contribution in [0.2, 0.25) is 5.02 Å². The minimum absolute atomic E-state index is 0.0367. The first-order valence-electron chi connectivity index (χ1n) is 16.9. The molecular formula is C40H41ClFN3O3. The van der Waals surface area contributed by atoms with E-state index in [-0.39, 0.29) is 23.4 Å². The number of hydrogen-bond donors (Lipinski definition) is 2. The van der Waals surface area contributed by atoms with Gasteiger partial charge in [0.2, 0.25) is 11.8 Å². The van der Waals surface area contributed by atoms with Crippen LogP contribution in [-0.4, -0.2) is 17.7 Å². The van der Waals surface area contributed by atoms with Crippen LogP contribution in [0.4, 0.5) is 10.1 Å². The molecule has 6 rings (SSSR count). The third-order valence-corrected chi connectivity index (χ3v) is 10.2. The molecule has 0 unspecified atom stereocenters. The van der Waals surface area contributed by atoms with Crippen LogP contribution in [0.15, 0.2) is 91.0 Å². The van der Waals surface area contributed by atoms with Crippen molar-refractivity contribution in [2.45, 2.75) is 64.5 Å². The summed E-state index contributed by atoms with van der Waals surface area (Å²) in [6.07, 6.45) is 6.10. The summed E-state index contributed by atoms with van der Waals surface area (Å²) in [6, 6.07) is 26.8. The third kappa shape index (κ3) is 7.02. The van der Waals surface area contributed by atoms with E-state index in [1.165, 1.54) is 6.07 Å². The Hall–Kier alpha value is -4.49. The highest BCUT2D eigenvalue weighted by molar-refractivity contribution is 6.31.